The van der Waals surface area contributed by atoms with Crippen molar-refractivity contribution in [2.75, 3.05) is 6.61 Å². The van der Waals surface area contributed by atoms with Crippen molar-refractivity contribution in [2.45, 2.75) is 51.1 Å². The Balaban J connectivity index is 2.11. The van der Waals surface area contributed by atoms with E-state index in [1.54, 1.807) is 13.8 Å². The number of rotatable bonds is 3. The lowest BCUT2D eigenvalue weighted by molar-refractivity contribution is -0.200. The Kier molecular flexibility index (Phi) is 3.99. The molecule has 0 aliphatic carbocycles. The molecule has 4 atom stereocenters. The average Bonchev–Trinajstić information content (AvgIpc) is 2.98. The van der Waals surface area contributed by atoms with Crippen LogP contribution in [0.3, 0.4) is 0 Å². The Bertz CT molecular complexity index is 794. The molecule has 2 aliphatic rings. The molecule has 0 unspecified atom stereocenters. The number of aliphatic hydroxyl groups is 1. The van der Waals surface area contributed by atoms with Gasteiger partial charge < -0.3 is 19.3 Å². The van der Waals surface area contributed by atoms with Crippen LogP contribution in [-0.2, 0) is 21.3 Å². The first-order valence-corrected chi connectivity index (χ1v) is 7.61. The van der Waals surface area contributed by atoms with Crippen LogP contribution in [0.1, 0.15) is 37.4 Å². The van der Waals surface area contributed by atoms with Gasteiger partial charge in [0.25, 0.3) is 5.56 Å². The highest BCUT2D eigenvalue weighted by molar-refractivity contribution is 5.93. The van der Waals surface area contributed by atoms with Gasteiger partial charge in [-0.15, -0.1) is 0 Å². The summed E-state index contributed by atoms with van der Waals surface area (Å²) in [5, 5.41) is 9.50. The second-order valence-electron chi connectivity index (χ2n) is 6.47. The quantitative estimate of drug-likeness (QED) is 0.715. The van der Waals surface area contributed by atoms with Crippen LogP contribution in [0.15, 0.2) is 15.8 Å². The zero-order valence-electron chi connectivity index (χ0n) is 13.9. The fourth-order valence-electron chi connectivity index (χ4n) is 3.14. The predicted octanol–water partition coefficient (Wildman–Crippen LogP) is -0.841. The summed E-state index contributed by atoms with van der Waals surface area (Å²) >= 11 is 0. The minimum atomic E-state index is -0.911. The Morgan fingerprint density at radius 2 is 1.92 bits per heavy atom. The van der Waals surface area contributed by atoms with Crippen molar-refractivity contribution in [1.82, 2.24) is 9.13 Å². The molecule has 9 heteroatoms. The summed E-state index contributed by atoms with van der Waals surface area (Å²) in [6.45, 7) is 4.39. The third kappa shape index (κ3) is 2.53. The zero-order valence-corrected chi connectivity index (χ0v) is 13.9. The standard InChI is InChI=1S/C15H20N2O7/c1-7(19)8-5-17(14(21)16(4)12(8)20)13-11-10(9(6-18)22-13)23-15(2,3)24-11/h5,9-11,13,18H,6H2,1-4H3/t9-,10-,11+,13-/m1/s1. The van der Waals surface area contributed by atoms with E-state index in [4.69, 9.17) is 14.2 Å². The summed E-state index contributed by atoms with van der Waals surface area (Å²) in [4.78, 5) is 36.2. The monoisotopic (exact) mass is 340 g/mol. The molecule has 132 valence electrons. The number of ether oxygens (including phenoxy) is 3. The molecule has 0 spiro atoms. The molecule has 1 aromatic heterocycles. The Labute approximate surface area is 137 Å². The second kappa shape index (κ2) is 5.62. The molecule has 0 saturated carbocycles. The first-order valence-electron chi connectivity index (χ1n) is 7.61. The molecule has 2 fully saturated rings. The largest absolute Gasteiger partial charge is 0.394 e. The van der Waals surface area contributed by atoms with Crippen LogP contribution < -0.4 is 11.2 Å². The van der Waals surface area contributed by atoms with E-state index in [2.05, 4.69) is 0 Å². The van der Waals surface area contributed by atoms with Crippen molar-refractivity contribution in [2.24, 2.45) is 7.05 Å². The lowest BCUT2D eigenvalue weighted by Gasteiger charge is -2.24. The van der Waals surface area contributed by atoms with Crippen molar-refractivity contribution in [3.8, 4) is 0 Å². The van der Waals surface area contributed by atoms with Gasteiger partial charge in [0.1, 0.15) is 18.3 Å². The molecule has 2 aliphatic heterocycles. The summed E-state index contributed by atoms with van der Waals surface area (Å²) in [5.74, 6) is -1.35. The minimum Gasteiger partial charge on any atom is -0.394 e. The number of ketones is 1. The number of Topliss-reactive ketones (excluding diaryl/α,β-unsaturated/α-hetero) is 1. The van der Waals surface area contributed by atoms with E-state index < -0.39 is 47.4 Å². The van der Waals surface area contributed by atoms with Gasteiger partial charge in [-0.3, -0.25) is 18.7 Å². The van der Waals surface area contributed by atoms with Crippen LogP contribution in [0.5, 0.6) is 0 Å². The third-order valence-electron chi connectivity index (χ3n) is 4.27. The van der Waals surface area contributed by atoms with Gasteiger partial charge in [0, 0.05) is 13.2 Å². The Morgan fingerprint density at radius 1 is 1.29 bits per heavy atom. The van der Waals surface area contributed by atoms with Crippen LogP contribution in [0, 0.1) is 0 Å². The summed E-state index contributed by atoms with van der Waals surface area (Å²) in [7, 11) is 1.29. The maximum absolute atomic E-state index is 12.5. The van der Waals surface area contributed by atoms with Gasteiger partial charge in [0.15, 0.2) is 17.8 Å². The van der Waals surface area contributed by atoms with Gasteiger partial charge >= 0.3 is 5.69 Å². The molecule has 9 nitrogen and oxygen atoms in total. The molecular formula is C15H20N2O7. The maximum atomic E-state index is 12.5. The SMILES string of the molecule is CC(=O)c1cn([C@@H]2O[C@H](CO)[C@H]3OC(C)(C)O[C@@H]32)c(=O)n(C)c1=O. The Morgan fingerprint density at radius 3 is 2.50 bits per heavy atom. The number of aromatic nitrogens is 2. The van der Waals surface area contributed by atoms with E-state index in [1.165, 1.54) is 20.2 Å². The number of nitrogens with zero attached hydrogens (tertiary/aromatic N) is 2. The van der Waals surface area contributed by atoms with Crippen LogP contribution >= 0.6 is 0 Å². The van der Waals surface area contributed by atoms with Crippen LogP contribution in [0.25, 0.3) is 0 Å². The highest BCUT2D eigenvalue weighted by Gasteiger charge is 2.56. The van der Waals surface area contributed by atoms with Crippen LogP contribution in [0.2, 0.25) is 0 Å². The zero-order chi connectivity index (χ0) is 17.8. The van der Waals surface area contributed by atoms with E-state index in [1.807, 2.05) is 0 Å². The molecule has 1 N–H and O–H groups in total. The number of carbonyl (C=O) groups excluding carboxylic acids is 1. The summed E-state index contributed by atoms with van der Waals surface area (Å²) in [6, 6.07) is 0. The average molecular weight is 340 g/mol. The smallest absolute Gasteiger partial charge is 0.332 e. The van der Waals surface area contributed by atoms with Crippen molar-refractivity contribution in [1.29, 1.82) is 0 Å². The first kappa shape index (κ1) is 17.0. The summed E-state index contributed by atoms with van der Waals surface area (Å²) in [5.41, 5.74) is -1.43. The third-order valence-corrected chi connectivity index (χ3v) is 4.27. The van der Waals surface area contributed by atoms with Gasteiger partial charge in [0.05, 0.1) is 12.2 Å². The van der Waals surface area contributed by atoms with Crippen molar-refractivity contribution in [3.05, 3.63) is 32.6 Å². The molecule has 24 heavy (non-hydrogen) atoms. The van der Waals surface area contributed by atoms with Gasteiger partial charge in [-0.1, -0.05) is 0 Å². The first-order chi connectivity index (χ1) is 11.2. The lowest BCUT2D eigenvalue weighted by Crippen LogP contribution is -2.44. The molecule has 3 heterocycles. The van der Waals surface area contributed by atoms with Crippen LogP contribution in [-0.4, -0.2) is 50.7 Å². The molecule has 0 aromatic carbocycles. The van der Waals surface area contributed by atoms with E-state index in [0.717, 1.165) is 9.13 Å². The molecule has 2 saturated heterocycles. The maximum Gasteiger partial charge on any atom is 0.332 e. The number of hydrogen-bond donors (Lipinski definition) is 1. The van der Waals surface area contributed by atoms with E-state index in [-0.39, 0.29) is 12.2 Å². The number of carbonyl (C=O) groups is 1. The van der Waals surface area contributed by atoms with Gasteiger partial charge in [0.2, 0.25) is 0 Å². The van der Waals surface area contributed by atoms with Gasteiger partial charge in [-0.2, -0.15) is 0 Å². The molecule has 0 amide bonds. The molecule has 3 rings (SSSR count). The van der Waals surface area contributed by atoms with Crippen molar-refractivity contribution in [3.63, 3.8) is 0 Å². The molecular weight excluding hydrogens is 320 g/mol. The van der Waals surface area contributed by atoms with E-state index in [9.17, 15) is 19.5 Å². The van der Waals surface area contributed by atoms with Crippen molar-refractivity contribution < 1.29 is 24.1 Å². The number of fused-ring (bicyclic) bond motifs is 1. The van der Waals surface area contributed by atoms with Gasteiger partial charge in [-0.05, 0) is 20.8 Å². The fourth-order valence-corrected chi connectivity index (χ4v) is 3.14. The molecule has 0 bridgehead atoms. The normalized spacial score (nSPS) is 31.2. The van der Waals surface area contributed by atoms with Crippen molar-refractivity contribution >= 4 is 5.78 Å². The topological polar surface area (TPSA) is 109 Å². The summed E-state index contributed by atoms with van der Waals surface area (Å²) < 4.78 is 19.3. The molecule has 1 aromatic rings. The lowest BCUT2D eigenvalue weighted by atomic mass is 10.1. The molecule has 0 radical (unpaired) electrons. The highest BCUT2D eigenvalue weighted by atomic mass is 16.8. The number of hydrogen-bond acceptors (Lipinski definition) is 7. The summed E-state index contributed by atoms with van der Waals surface area (Å²) in [6.07, 6.45) is -1.60. The number of aliphatic hydroxyl groups excluding tert-OH is 1. The Hall–Kier alpha value is -1.81. The van der Waals surface area contributed by atoms with Crippen LogP contribution in [0.4, 0.5) is 0 Å². The predicted molar refractivity (Wildman–Crippen MR) is 80.8 cm³/mol. The van der Waals surface area contributed by atoms with E-state index in [0.29, 0.717) is 0 Å². The fraction of sp³-hybridized carbons (Fsp3) is 0.667. The van der Waals surface area contributed by atoms with E-state index >= 15 is 0 Å². The second-order valence-corrected chi connectivity index (χ2v) is 6.47. The van der Waals surface area contributed by atoms with Gasteiger partial charge in [-0.25, -0.2) is 4.79 Å². The minimum absolute atomic E-state index is 0.122. The highest BCUT2D eigenvalue weighted by Crippen LogP contribution is 2.42.